The molecule has 1 fully saturated rings. The summed E-state index contributed by atoms with van der Waals surface area (Å²) in [7, 11) is -3.62. The van der Waals surface area contributed by atoms with Gasteiger partial charge in [-0.25, -0.2) is 17.1 Å². The summed E-state index contributed by atoms with van der Waals surface area (Å²) in [5.74, 6) is -2.26. The van der Waals surface area contributed by atoms with Gasteiger partial charge < -0.3 is 15.4 Å². The maximum Gasteiger partial charge on any atom is 0.258 e. The van der Waals surface area contributed by atoms with Gasteiger partial charge in [0, 0.05) is 11.3 Å². The first-order valence-corrected chi connectivity index (χ1v) is 12.1. The molecule has 1 heterocycles. The second kappa shape index (κ2) is 9.80. The zero-order valence-electron chi connectivity index (χ0n) is 17.6. The summed E-state index contributed by atoms with van der Waals surface area (Å²) in [6.45, 7) is -0.160. The number of halogens is 2. The molecule has 4 rings (SSSR count). The van der Waals surface area contributed by atoms with Crippen molar-refractivity contribution in [2.24, 2.45) is 0 Å². The molecule has 0 unspecified atom stereocenters. The molecule has 0 bridgehead atoms. The SMILES string of the molecule is O=C(Nc1cc(NC(=O)c2ccc(N3COCCS3(=O)=O)cc2F)ccc1Cl)c1ccccc1. The van der Waals surface area contributed by atoms with Crippen molar-refractivity contribution in [2.45, 2.75) is 0 Å². The number of benzene rings is 3. The molecule has 0 spiro atoms. The van der Waals surface area contributed by atoms with Crippen LogP contribution in [0.1, 0.15) is 20.7 Å². The number of rotatable bonds is 5. The lowest BCUT2D eigenvalue weighted by atomic mass is 10.1. The number of hydrogen-bond acceptors (Lipinski definition) is 5. The largest absolute Gasteiger partial charge is 0.359 e. The quantitative estimate of drug-likeness (QED) is 0.545. The van der Waals surface area contributed by atoms with E-state index in [2.05, 4.69) is 10.6 Å². The molecule has 0 radical (unpaired) electrons. The van der Waals surface area contributed by atoms with E-state index < -0.39 is 21.7 Å². The van der Waals surface area contributed by atoms with E-state index >= 15 is 0 Å². The molecule has 0 aromatic heterocycles. The average molecular weight is 504 g/mol. The number of amides is 2. The van der Waals surface area contributed by atoms with Crippen LogP contribution in [-0.2, 0) is 14.8 Å². The predicted molar refractivity (Wildman–Crippen MR) is 127 cm³/mol. The summed E-state index contributed by atoms with van der Waals surface area (Å²) in [5, 5.41) is 5.47. The predicted octanol–water partition coefficient (Wildman–Crippen LogP) is 4.11. The van der Waals surface area contributed by atoms with Crippen LogP contribution in [0.25, 0.3) is 0 Å². The van der Waals surface area contributed by atoms with Gasteiger partial charge in [0.25, 0.3) is 11.8 Å². The summed E-state index contributed by atoms with van der Waals surface area (Å²) in [6, 6.07) is 16.4. The van der Waals surface area contributed by atoms with Crippen molar-refractivity contribution in [3.63, 3.8) is 0 Å². The smallest absolute Gasteiger partial charge is 0.258 e. The number of nitrogens with one attached hydrogen (secondary N) is 2. The molecular weight excluding hydrogens is 485 g/mol. The van der Waals surface area contributed by atoms with Crippen molar-refractivity contribution in [1.82, 2.24) is 0 Å². The van der Waals surface area contributed by atoms with E-state index in [4.69, 9.17) is 16.3 Å². The molecule has 11 heteroatoms. The minimum absolute atomic E-state index is 0.0613. The topological polar surface area (TPSA) is 105 Å². The highest BCUT2D eigenvalue weighted by molar-refractivity contribution is 7.92. The van der Waals surface area contributed by atoms with E-state index in [0.29, 0.717) is 5.56 Å². The molecule has 1 aliphatic rings. The minimum atomic E-state index is -3.62. The molecule has 2 N–H and O–H groups in total. The average Bonchev–Trinajstić information content (AvgIpc) is 2.81. The van der Waals surface area contributed by atoms with Gasteiger partial charge in [-0.2, -0.15) is 0 Å². The van der Waals surface area contributed by atoms with Crippen LogP contribution in [0.3, 0.4) is 0 Å². The Kier molecular flexibility index (Phi) is 6.82. The highest BCUT2D eigenvalue weighted by atomic mass is 35.5. The molecule has 1 saturated heterocycles. The Morgan fingerprint density at radius 1 is 0.971 bits per heavy atom. The molecule has 0 aliphatic carbocycles. The van der Waals surface area contributed by atoms with Gasteiger partial charge in [0.1, 0.15) is 12.5 Å². The zero-order chi connectivity index (χ0) is 24.3. The molecule has 34 heavy (non-hydrogen) atoms. The summed E-state index contributed by atoms with van der Waals surface area (Å²) in [4.78, 5) is 25.1. The summed E-state index contributed by atoms with van der Waals surface area (Å²) in [5.41, 5.74) is 0.735. The third-order valence-corrected chi connectivity index (χ3v) is 7.02. The Morgan fingerprint density at radius 2 is 1.74 bits per heavy atom. The first-order valence-electron chi connectivity index (χ1n) is 10.1. The molecule has 8 nitrogen and oxygen atoms in total. The second-order valence-electron chi connectivity index (χ2n) is 7.33. The molecule has 0 saturated carbocycles. The normalized spacial score (nSPS) is 14.9. The first-order chi connectivity index (χ1) is 16.2. The van der Waals surface area contributed by atoms with E-state index in [1.807, 2.05) is 0 Å². The molecule has 0 atom stereocenters. The summed E-state index contributed by atoms with van der Waals surface area (Å²) < 4.78 is 45.2. The van der Waals surface area contributed by atoms with E-state index in [1.54, 1.807) is 30.3 Å². The van der Waals surface area contributed by atoms with E-state index in [1.165, 1.54) is 30.3 Å². The third-order valence-electron chi connectivity index (χ3n) is 5.02. The number of carbonyl (C=O) groups excluding carboxylic acids is 2. The lowest BCUT2D eigenvalue weighted by molar-refractivity contribution is 0.101. The van der Waals surface area contributed by atoms with Crippen molar-refractivity contribution < 1.29 is 27.1 Å². The molecule has 176 valence electrons. The van der Waals surface area contributed by atoms with Crippen LogP contribution in [0, 0.1) is 5.82 Å². The van der Waals surface area contributed by atoms with Crippen LogP contribution in [0.4, 0.5) is 21.5 Å². The Morgan fingerprint density at radius 3 is 2.44 bits per heavy atom. The number of carbonyl (C=O) groups is 2. The van der Waals surface area contributed by atoms with Gasteiger partial charge in [0.05, 0.1) is 34.3 Å². The van der Waals surface area contributed by atoms with Gasteiger partial charge in [-0.05, 0) is 48.5 Å². The third kappa shape index (κ3) is 5.19. The molecular formula is C23H19ClFN3O5S. The Balaban J connectivity index is 1.50. The lowest BCUT2D eigenvalue weighted by Crippen LogP contribution is -2.41. The maximum absolute atomic E-state index is 14.7. The number of ether oxygens (including phenoxy) is 1. The maximum atomic E-state index is 14.7. The van der Waals surface area contributed by atoms with Gasteiger partial charge in [0.2, 0.25) is 10.0 Å². The molecule has 3 aromatic carbocycles. The van der Waals surface area contributed by atoms with Crippen molar-refractivity contribution in [3.05, 3.63) is 88.7 Å². The van der Waals surface area contributed by atoms with Gasteiger partial charge in [-0.3, -0.25) is 9.59 Å². The fourth-order valence-corrected chi connectivity index (χ4v) is 4.65. The van der Waals surface area contributed by atoms with E-state index in [9.17, 15) is 22.4 Å². The number of nitrogens with zero attached hydrogens (tertiary/aromatic N) is 1. The van der Waals surface area contributed by atoms with E-state index in [-0.39, 0.29) is 52.6 Å². The first kappa shape index (κ1) is 23.7. The van der Waals surface area contributed by atoms with Crippen molar-refractivity contribution in [1.29, 1.82) is 0 Å². The molecule has 1 aliphatic heterocycles. The highest BCUT2D eigenvalue weighted by Crippen LogP contribution is 2.28. The van der Waals surface area contributed by atoms with Crippen LogP contribution in [-0.4, -0.2) is 39.3 Å². The van der Waals surface area contributed by atoms with Crippen molar-refractivity contribution in [2.75, 3.05) is 34.0 Å². The second-order valence-corrected chi connectivity index (χ2v) is 9.75. The van der Waals surface area contributed by atoms with Crippen LogP contribution < -0.4 is 14.9 Å². The highest BCUT2D eigenvalue weighted by Gasteiger charge is 2.27. The van der Waals surface area contributed by atoms with Gasteiger partial charge >= 0.3 is 0 Å². The van der Waals surface area contributed by atoms with Crippen molar-refractivity contribution >= 4 is 50.5 Å². The Bertz CT molecular complexity index is 1350. The minimum Gasteiger partial charge on any atom is -0.359 e. The summed E-state index contributed by atoms with van der Waals surface area (Å²) >= 11 is 6.17. The number of anilines is 3. The van der Waals surface area contributed by atoms with Crippen molar-refractivity contribution in [3.8, 4) is 0 Å². The van der Waals surface area contributed by atoms with Crippen LogP contribution in [0.2, 0.25) is 5.02 Å². The lowest BCUT2D eigenvalue weighted by Gasteiger charge is -2.28. The van der Waals surface area contributed by atoms with Crippen LogP contribution in [0.5, 0.6) is 0 Å². The molecule has 3 aromatic rings. The molecule has 2 amide bonds. The van der Waals surface area contributed by atoms with Crippen LogP contribution >= 0.6 is 11.6 Å². The van der Waals surface area contributed by atoms with Gasteiger partial charge in [-0.1, -0.05) is 29.8 Å². The van der Waals surface area contributed by atoms with Gasteiger partial charge in [0.15, 0.2) is 0 Å². The van der Waals surface area contributed by atoms with Gasteiger partial charge in [-0.15, -0.1) is 0 Å². The summed E-state index contributed by atoms with van der Waals surface area (Å²) in [6.07, 6.45) is 0. The number of hydrogen-bond donors (Lipinski definition) is 2. The van der Waals surface area contributed by atoms with Crippen LogP contribution in [0.15, 0.2) is 66.7 Å². The fraction of sp³-hybridized carbons (Fsp3) is 0.130. The zero-order valence-corrected chi connectivity index (χ0v) is 19.2. The Hall–Kier alpha value is -3.47. The fourth-order valence-electron chi connectivity index (χ4n) is 3.26. The standard InChI is InChI=1S/C23H19ClFN3O5S/c24-19-9-6-16(12-21(19)27-22(29)15-4-2-1-3-5-15)26-23(30)18-8-7-17(13-20(18)25)28-14-33-10-11-34(28,31)32/h1-9,12-13H,10-11,14H2,(H,26,30)(H,27,29). The monoisotopic (exact) mass is 503 g/mol. The Labute approximate surface area is 200 Å². The number of sulfonamides is 1. The van der Waals surface area contributed by atoms with E-state index in [0.717, 1.165) is 10.4 Å².